The fraction of sp³-hybridized carbons (Fsp3) is 0.643. The Morgan fingerprint density at radius 1 is 1.30 bits per heavy atom. The van der Waals surface area contributed by atoms with Gasteiger partial charge in [-0.25, -0.2) is 18.1 Å². The first kappa shape index (κ1) is 16.9. The van der Waals surface area contributed by atoms with E-state index in [1.165, 1.54) is 12.3 Å². The molecule has 1 aromatic rings. The van der Waals surface area contributed by atoms with Crippen LogP contribution in [0.15, 0.2) is 23.2 Å². The molecule has 1 atom stereocenters. The molecule has 5 nitrogen and oxygen atoms in total. The fourth-order valence-corrected chi connectivity index (χ4v) is 3.24. The van der Waals surface area contributed by atoms with Crippen LogP contribution in [0.1, 0.15) is 46.5 Å². The van der Waals surface area contributed by atoms with Crippen LogP contribution >= 0.6 is 0 Å². The summed E-state index contributed by atoms with van der Waals surface area (Å²) < 4.78 is 27.2. The minimum absolute atomic E-state index is 0.0534. The van der Waals surface area contributed by atoms with Gasteiger partial charge in [-0.15, -0.1) is 0 Å². The number of rotatable bonds is 9. The largest absolute Gasteiger partial charge is 0.370 e. The Bertz CT molecular complexity index is 503. The molecule has 1 unspecified atom stereocenters. The van der Waals surface area contributed by atoms with E-state index >= 15 is 0 Å². The highest BCUT2D eigenvalue weighted by Crippen LogP contribution is 2.14. The lowest BCUT2D eigenvalue weighted by molar-refractivity contribution is 0.527. The molecule has 20 heavy (non-hydrogen) atoms. The zero-order valence-electron chi connectivity index (χ0n) is 12.5. The van der Waals surface area contributed by atoms with E-state index in [-0.39, 0.29) is 10.9 Å². The Hall–Kier alpha value is -1.14. The van der Waals surface area contributed by atoms with E-state index in [9.17, 15) is 8.42 Å². The Kier molecular flexibility index (Phi) is 6.95. The summed E-state index contributed by atoms with van der Waals surface area (Å²) in [5.74, 6) is 0.578. The number of pyridine rings is 1. The summed E-state index contributed by atoms with van der Waals surface area (Å²) in [6.45, 7) is 6.68. The average molecular weight is 299 g/mol. The van der Waals surface area contributed by atoms with Crippen LogP contribution < -0.4 is 10.0 Å². The van der Waals surface area contributed by atoms with Crippen LogP contribution in [0.5, 0.6) is 0 Å². The van der Waals surface area contributed by atoms with Gasteiger partial charge in [0.2, 0.25) is 10.0 Å². The van der Waals surface area contributed by atoms with Gasteiger partial charge in [-0.1, -0.05) is 26.2 Å². The van der Waals surface area contributed by atoms with Crippen molar-refractivity contribution in [1.82, 2.24) is 9.71 Å². The number of aromatic nitrogens is 1. The molecule has 0 aliphatic carbocycles. The van der Waals surface area contributed by atoms with Gasteiger partial charge in [0.1, 0.15) is 5.82 Å². The summed E-state index contributed by atoms with van der Waals surface area (Å²) in [6, 6.07) is 3.02. The fourth-order valence-electron chi connectivity index (χ4n) is 1.95. The molecule has 0 fully saturated rings. The summed E-state index contributed by atoms with van der Waals surface area (Å²) in [5.41, 5.74) is 0. The Labute approximate surface area is 122 Å². The topological polar surface area (TPSA) is 71.1 Å². The van der Waals surface area contributed by atoms with Crippen molar-refractivity contribution in [2.75, 3.05) is 11.9 Å². The molecule has 1 heterocycles. The smallest absolute Gasteiger partial charge is 0.240 e. The summed E-state index contributed by atoms with van der Waals surface area (Å²) in [5, 5.41) is 3.01. The van der Waals surface area contributed by atoms with Crippen molar-refractivity contribution in [2.45, 2.75) is 57.4 Å². The molecule has 1 aromatic heterocycles. The summed E-state index contributed by atoms with van der Waals surface area (Å²) in [4.78, 5) is 4.33. The van der Waals surface area contributed by atoms with E-state index in [2.05, 4.69) is 21.9 Å². The summed E-state index contributed by atoms with van der Waals surface area (Å²) >= 11 is 0. The predicted molar refractivity (Wildman–Crippen MR) is 82.3 cm³/mol. The van der Waals surface area contributed by atoms with Gasteiger partial charge in [0, 0.05) is 24.8 Å². The van der Waals surface area contributed by atoms with Crippen LogP contribution in [0, 0.1) is 0 Å². The van der Waals surface area contributed by atoms with E-state index in [1.807, 2.05) is 13.8 Å². The van der Waals surface area contributed by atoms with Crippen LogP contribution in [0.3, 0.4) is 0 Å². The maximum absolute atomic E-state index is 12.3. The van der Waals surface area contributed by atoms with Crippen LogP contribution in [-0.2, 0) is 10.0 Å². The molecule has 0 spiro atoms. The molecule has 0 aromatic carbocycles. The molecule has 0 aliphatic rings. The number of nitrogens with one attached hydrogen (secondary N) is 2. The molecular weight excluding hydrogens is 274 g/mol. The van der Waals surface area contributed by atoms with Crippen molar-refractivity contribution in [3.63, 3.8) is 0 Å². The lowest BCUT2D eigenvalue weighted by Crippen LogP contribution is -2.32. The maximum Gasteiger partial charge on any atom is 0.240 e. The van der Waals surface area contributed by atoms with E-state index in [0.717, 1.165) is 25.7 Å². The molecule has 0 aliphatic heterocycles. The second kappa shape index (κ2) is 8.21. The normalized spacial score (nSPS) is 13.2. The third-order valence-electron chi connectivity index (χ3n) is 3.00. The minimum Gasteiger partial charge on any atom is -0.370 e. The van der Waals surface area contributed by atoms with Crippen molar-refractivity contribution in [1.29, 1.82) is 0 Å². The van der Waals surface area contributed by atoms with E-state index in [1.54, 1.807) is 6.07 Å². The number of hydrogen-bond acceptors (Lipinski definition) is 4. The Morgan fingerprint density at radius 3 is 2.70 bits per heavy atom. The highest BCUT2D eigenvalue weighted by Gasteiger charge is 2.17. The first-order chi connectivity index (χ1) is 9.49. The van der Waals surface area contributed by atoms with Crippen molar-refractivity contribution in [3.8, 4) is 0 Å². The van der Waals surface area contributed by atoms with Crippen molar-refractivity contribution in [3.05, 3.63) is 18.3 Å². The highest BCUT2D eigenvalue weighted by molar-refractivity contribution is 7.89. The van der Waals surface area contributed by atoms with Gasteiger partial charge in [-0.3, -0.25) is 0 Å². The van der Waals surface area contributed by atoms with E-state index in [0.29, 0.717) is 12.4 Å². The van der Waals surface area contributed by atoms with Crippen LogP contribution in [0.2, 0.25) is 0 Å². The van der Waals surface area contributed by atoms with Gasteiger partial charge in [0.05, 0.1) is 4.90 Å². The highest BCUT2D eigenvalue weighted by atomic mass is 32.2. The quantitative estimate of drug-likeness (QED) is 0.688. The molecule has 0 saturated heterocycles. The van der Waals surface area contributed by atoms with Crippen molar-refractivity contribution >= 4 is 15.8 Å². The summed E-state index contributed by atoms with van der Waals surface area (Å²) in [6.07, 6.45) is 5.67. The maximum atomic E-state index is 12.3. The van der Waals surface area contributed by atoms with Gasteiger partial charge >= 0.3 is 0 Å². The van der Waals surface area contributed by atoms with Crippen LogP contribution in [-0.4, -0.2) is 26.0 Å². The third kappa shape index (κ3) is 5.46. The summed E-state index contributed by atoms with van der Waals surface area (Å²) in [7, 11) is -3.47. The van der Waals surface area contributed by atoms with E-state index in [4.69, 9.17) is 0 Å². The zero-order chi connectivity index (χ0) is 15.0. The molecule has 0 saturated carbocycles. The molecule has 0 amide bonds. The monoisotopic (exact) mass is 299 g/mol. The number of unbranched alkanes of at least 4 members (excludes halogenated alkanes) is 2. The average Bonchev–Trinajstić information content (AvgIpc) is 2.39. The van der Waals surface area contributed by atoms with Crippen LogP contribution in [0.25, 0.3) is 0 Å². The van der Waals surface area contributed by atoms with Crippen molar-refractivity contribution in [2.24, 2.45) is 0 Å². The third-order valence-corrected chi connectivity index (χ3v) is 4.58. The number of anilines is 1. The first-order valence-corrected chi connectivity index (χ1v) is 8.70. The molecule has 2 N–H and O–H groups in total. The lowest BCUT2D eigenvalue weighted by Gasteiger charge is -2.14. The first-order valence-electron chi connectivity index (χ1n) is 7.21. The second-order valence-electron chi connectivity index (χ2n) is 4.93. The Morgan fingerprint density at radius 2 is 2.05 bits per heavy atom. The van der Waals surface area contributed by atoms with Crippen molar-refractivity contribution < 1.29 is 8.42 Å². The molecule has 1 rings (SSSR count). The van der Waals surface area contributed by atoms with Gasteiger partial charge in [0.25, 0.3) is 0 Å². The molecule has 114 valence electrons. The van der Waals surface area contributed by atoms with Gasteiger partial charge in [0.15, 0.2) is 0 Å². The number of sulfonamides is 1. The standard InChI is InChI=1S/C14H25N3O2S/c1-4-6-7-8-12(3)17-20(18,19)13-9-10-16-14(11-13)15-5-2/h9-12,17H,4-8H2,1-3H3,(H,15,16). The predicted octanol–water partition coefficient (Wildman–Crippen LogP) is 2.76. The lowest BCUT2D eigenvalue weighted by atomic mass is 10.1. The van der Waals surface area contributed by atoms with Crippen LogP contribution in [0.4, 0.5) is 5.82 Å². The SMILES string of the molecule is CCCCCC(C)NS(=O)(=O)c1ccnc(NCC)c1. The van der Waals surface area contributed by atoms with E-state index < -0.39 is 10.0 Å². The van der Waals surface area contributed by atoms with Gasteiger partial charge in [-0.05, 0) is 26.3 Å². The number of hydrogen-bond donors (Lipinski definition) is 2. The molecule has 0 bridgehead atoms. The second-order valence-corrected chi connectivity index (χ2v) is 6.64. The minimum atomic E-state index is -3.47. The molecule has 6 heteroatoms. The zero-order valence-corrected chi connectivity index (χ0v) is 13.3. The molecule has 0 radical (unpaired) electrons. The number of nitrogens with zero attached hydrogens (tertiary/aromatic N) is 1. The van der Waals surface area contributed by atoms with Gasteiger partial charge < -0.3 is 5.32 Å². The van der Waals surface area contributed by atoms with Gasteiger partial charge in [-0.2, -0.15) is 0 Å². The molecular formula is C14H25N3O2S. The Balaban J connectivity index is 2.70.